The minimum atomic E-state index is -1.20. The summed E-state index contributed by atoms with van der Waals surface area (Å²) in [4.78, 5) is 22.3. The molecular formula is C14H23NO5. The van der Waals surface area contributed by atoms with E-state index in [1.165, 1.54) is 5.06 Å². The molecule has 0 amide bonds. The summed E-state index contributed by atoms with van der Waals surface area (Å²) in [6.07, 6.45) is 0.295. The molecule has 1 heterocycles. The van der Waals surface area contributed by atoms with Gasteiger partial charge in [-0.15, -0.1) is 0 Å². The average molecular weight is 285 g/mol. The Kier molecular flexibility index (Phi) is 4.61. The molecule has 0 atom stereocenters. The van der Waals surface area contributed by atoms with Gasteiger partial charge in [0.1, 0.15) is 6.10 Å². The number of carboxylic acid groups (broad SMARTS) is 1. The Bertz CT molecular complexity index is 409. The summed E-state index contributed by atoms with van der Waals surface area (Å²) in [5.41, 5.74) is -1.22. The zero-order chi connectivity index (χ0) is 15.7. The van der Waals surface area contributed by atoms with Crippen LogP contribution in [0.2, 0.25) is 0 Å². The normalized spacial score (nSPS) is 22.2. The van der Waals surface area contributed by atoms with Crippen LogP contribution in [0.3, 0.4) is 0 Å². The van der Waals surface area contributed by atoms with Crippen molar-refractivity contribution in [3.05, 3.63) is 12.2 Å². The Morgan fingerprint density at radius 2 is 1.70 bits per heavy atom. The Morgan fingerprint density at radius 1 is 1.25 bits per heavy atom. The minimum absolute atomic E-state index is 0.187. The molecule has 0 aromatic heterocycles. The highest BCUT2D eigenvalue weighted by atomic mass is 16.5. The number of hydrogen-bond donors (Lipinski definition) is 2. The van der Waals surface area contributed by atoms with Crippen LogP contribution >= 0.6 is 0 Å². The van der Waals surface area contributed by atoms with Crippen molar-refractivity contribution in [1.29, 1.82) is 0 Å². The number of nitrogens with zero attached hydrogens (tertiary/aromatic N) is 1. The van der Waals surface area contributed by atoms with Gasteiger partial charge in [-0.3, -0.25) is 4.79 Å². The number of esters is 1. The van der Waals surface area contributed by atoms with Gasteiger partial charge in [-0.2, -0.15) is 5.06 Å². The second-order valence-corrected chi connectivity index (χ2v) is 6.54. The van der Waals surface area contributed by atoms with Crippen molar-refractivity contribution in [3.8, 4) is 0 Å². The number of carbonyl (C=O) groups excluding carboxylic acids is 1. The number of hydroxylamine groups is 2. The molecule has 0 unspecified atom stereocenters. The number of aliphatic carboxylic acids is 1. The zero-order valence-electron chi connectivity index (χ0n) is 12.5. The molecule has 6 heteroatoms. The maximum atomic E-state index is 11.7. The number of rotatable bonds is 4. The van der Waals surface area contributed by atoms with E-state index in [-0.39, 0.29) is 18.1 Å². The first-order chi connectivity index (χ1) is 8.95. The van der Waals surface area contributed by atoms with Crippen molar-refractivity contribution in [2.75, 3.05) is 0 Å². The van der Waals surface area contributed by atoms with Gasteiger partial charge < -0.3 is 15.1 Å². The Morgan fingerprint density at radius 3 is 2.10 bits per heavy atom. The fourth-order valence-corrected chi connectivity index (χ4v) is 2.74. The van der Waals surface area contributed by atoms with Crippen molar-refractivity contribution in [2.45, 2.75) is 64.1 Å². The highest BCUT2D eigenvalue weighted by Gasteiger charge is 2.46. The Hall–Kier alpha value is -1.40. The summed E-state index contributed by atoms with van der Waals surface area (Å²) in [7, 11) is 0. The van der Waals surface area contributed by atoms with E-state index in [2.05, 4.69) is 6.58 Å². The SMILES string of the molecule is C=C(CC(=O)OC1CC(C)(C)N(O)C(C)(C)C1)C(=O)O. The molecule has 0 radical (unpaired) electrons. The third-order valence-electron chi connectivity index (χ3n) is 3.56. The van der Waals surface area contributed by atoms with Gasteiger partial charge in [-0.05, 0) is 27.7 Å². The second-order valence-electron chi connectivity index (χ2n) is 6.54. The van der Waals surface area contributed by atoms with E-state index in [1.54, 1.807) is 0 Å². The Balaban J connectivity index is 2.67. The molecule has 0 saturated carbocycles. The van der Waals surface area contributed by atoms with Crippen LogP contribution in [-0.4, -0.2) is 44.5 Å². The monoisotopic (exact) mass is 285 g/mol. The van der Waals surface area contributed by atoms with E-state index in [1.807, 2.05) is 27.7 Å². The quantitative estimate of drug-likeness (QED) is 0.606. The summed E-state index contributed by atoms with van der Waals surface area (Å²) in [5.74, 6) is -1.80. The Labute approximate surface area is 119 Å². The van der Waals surface area contributed by atoms with E-state index in [9.17, 15) is 14.8 Å². The minimum Gasteiger partial charge on any atom is -0.478 e. The largest absolute Gasteiger partial charge is 0.478 e. The van der Waals surface area contributed by atoms with Gasteiger partial charge >= 0.3 is 11.9 Å². The highest BCUT2D eigenvalue weighted by Crippen LogP contribution is 2.38. The van der Waals surface area contributed by atoms with E-state index >= 15 is 0 Å². The van der Waals surface area contributed by atoms with Crippen LogP contribution in [0.5, 0.6) is 0 Å². The van der Waals surface area contributed by atoms with Crippen LogP contribution in [0.1, 0.15) is 47.0 Å². The predicted molar refractivity (Wildman–Crippen MR) is 72.3 cm³/mol. The highest BCUT2D eigenvalue weighted by molar-refractivity contribution is 5.91. The maximum absolute atomic E-state index is 11.7. The van der Waals surface area contributed by atoms with Gasteiger partial charge in [0.15, 0.2) is 0 Å². The molecule has 1 aliphatic heterocycles. The molecule has 1 fully saturated rings. The molecule has 2 N–H and O–H groups in total. The molecule has 20 heavy (non-hydrogen) atoms. The number of hydrogen-bond acceptors (Lipinski definition) is 5. The molecule has 1 aliphatic rings. The molecule has 1 rings (SSSR count). The number of piperidine rings is 1. The topological polar surface area (TPSA) is 87.1 Å². The van der Waals surface area contributed by atoms with Crippen LogP contribution in [0.25, 0.3) is 0 Å². The molecule has 0 aliphatic carbocycles. The molecule has 0 spiro atoms. The lowest BCUT2D eigenvalue weighted by molar-refractivity contribution is -0.259. The lowest BCUT2D eigenvalue weighted by Gasteiger charge is -2.50. The summed E-state index contributed by atoms with van der Waals surface area (Å²) >= 11 is 0. The van der Waals surface area contributed by atoms with Gasteiger partial charge in [-0.1, -0.05) is 6.58 Å². The van der Waals surface area contributed by atoms with Gasteiger partial charge in [0.2, 0.25) is 0 Å². The van der Waals surface area contributed by atoms with E-state index in [4.69, 9.17) is 9.84 Å². The van der Waals surface area contributed by atoms with Crippen LogP contribution in [0.4, 0.5) is 0 Å². The number of ether oxygens (including phenoxy) is 1. The molecule has 0 aromatic carbocycles. The maximum Gasteiger partial charge on any atom is 0.331 e. The molecule has 1 saturated heterocycles. The van der Waals surface area contributed by atoms with Gasteiger partial charge in [0.25, 0.3) is 0 Å². The van der Waals surface area contributed by atoms with E-state index < -0.39 is 23.0 Å². The van der Waals surface area contributed by atoms with E-state index in [0.717, 1.165) is 0 Å². The van der Waals surface area contributed by atoms with Crippen molar-refractivity contribution in [1.82, 2.24) is 5.06 Å². The van der Waals surface area contributed by atoms with Crippen molar-refractivity contribution in [2.24, 2.45) is 0 Å². The fraction of sp³-hybridized carbons (Fsp3) is 0.714. The fourth-order valence-electron chi connectivity index (χ4n) is 2.74. The van der Waals surface area contributed by atoms with Gasteiger partial charge in [-0.25, -0.2) is 4.79 Å². The van der Waals surface area contributed by atoms with Crippen LogP contribution in [0, 0.1) is 0 Å². The van der Waals surface area contributed by atoms with Crippen molar-refractivity contribution < 1.29 is 24.6 Å². The molecular weight excluding hydrogens is 262 g/mol. The summed E-state index contributed by atoms with van der Waals surface area (Å²) in [6, 6.07) is 0. The molecule has 0 aromatic rings. The number of carboxylic acids is 1. The zero-order valence-corrected chi connectivity index (χ0v) is 12.5. The van der Waals surface area contributed by atoms with E-state index in [0.29, 0.717) is 12.8 Å². The standard InChI is InChI=1S/C14H23NO5/c1-9(12(17)18)6-11(16)20-10-7-13(2,3)15(19)14(4,5)8-10/h10,19H,1,6-8H2,2-5H3,(H,17,18). The lowest BCUT2D eigenvalue weighted by atomic mass is 9.80. The van der Waals surface area contributed by atoms with Gasteiger partial charge in [0.05, 0.1) is 6.42 Å². The number of carbonyl (C=O) groups is 2. The molecule has 114 valence electrons. The van der Waals surface area contributed by atoms with Crippen LogP contribution in [0.15, 0.2) is 12.2 Å². The van der Waals surface area contributed by atoms with Crippen LogP contribution < -0.4 is 0 Å². The summed E-state index contributed by atoms with van der Waals surface area (Å²) in [5, 5.41) is 20.1. The van der Waals surface area contributed by atoms with Crippen LogP contribution in [-0.2, 0) is 14.3 Å². The smallest absolute Gasteiger partial charge is 0.331 e. The molecule has 0 bridgehead atoms. The predicted octanol–water partition coefficient (Wildman–Crippen LogP) is 1.97. The third-order valence-corrected chi connectivity index (χ3v) is 3.56. The first kappa shape index (κ1) is 16.7. The average Bonchev–Trinajstić information content (AvgIpc) is 2.24. The first-order valence-electron chi connectivity index (χ1n) is 6.55. The summed E-state index contributed by atoms with van der Waals surface area (Å²) < 4.78 is 5.33. The second kappa shape index (κ2) is 5.54. The first-order valence-corrected chi connectivity index (χ1v) is 6.55. The third kappa shape index (κ3) is 3.80. The molecule has 6 nitrogen and oxygen atoms in total. The summed E-state index contributed by atoms with van der Waals surface area (Å²) in [6.45, 7) is 10.8. The van der Waals surface area contributed by atoms with Crippen molar-refractivity contribution in [3.63, 3.8) is 0 Å². The lowest BCUT2D eigenvalue weighted by Crippen LogP contribution is -2.60. The van der Waals surface area contributed by atoms with Crippen molar-refractivity contribution >= 4 is 11.9 Å². The van der Waals surface area contributed by atoms with Gasteiger partial charge in [0, 0.05) is 29.5 Å².